The van der Waals surface area contributed by atoms with Crippen LogP contribution in [0.25, 0.3) is 0 Å². The summed E-state index contributed by atoms with van der Waals surface area (Å²) in [6.07, 6.45) is -0.257. The Morgan fingerprint density at radius 3 is 2.47 bits per heavy atom. The van der Waals surface area contributed by atoms with Crippen molar-refractivity contribution in [2.24, 2.45) is 22.7 Å². The zero-order valence-electron chi connectivity index (χ0n) is 18.6. The quantitative estimate of drug-likeness (QED) is 0.562. The Bertz CT molecular complexity index is 697. The molecule has 0 radical (unpaired) electrons. The minimum Gasteiger partial charge on any atom is -0.462 e. The minimum absolute atomic E-state index is 0.0724. The summed E-state index contributed by atoms with van der Waals surface area (Å²) in [6.45, 7) is 6.02. The SMILES string of the molecule is CO[C@@H]1O[C@H](OC)[C@](O)(CC[C@]2(O)[C@@H](C)C[C@@H]3OC(=O)[C@]4(C)CCC[C@@]2(C)[C@H]34)[C@@H]1O. The number of ether oxygens (including phenoxy) is 4. The molecule has 8 heteroatoms. The van der Waals surface area contributed by atoms with Gasteiger partial charge in [0.05, 0.1) is 11.0 Å². The molecule has 0 amide bonds. The number of aliphatic hydroxyl groups excluding tert-OH is 1. The number of hydrogen-bond acceptors (Lipinski definition) is 8. The van der Waals surface area contributed by atoms with Crippen LogP contribution in [0.15, 0.2) is 0 Å². The van der Waals surface area contributed by atoms with Gasteiger partial charge in [-0.15, -0.1) is 0 Å². The van der Waals surface area contributed by atoms with Crippen molar-refractivity contribution in [1.29, 1.82) is 0 Å². The molecule has 0 bridgehead atoms. The van der Waals surface area contributed by atoms with Crippen molar-refractivity contribution in [1.82, 2.24) is 0 Å². The summed E-state index contributed by atoms with van der Waals surface area (Å²) in [5.41, 5.74) is -3.98. The third-order valence-corrected chi connectivity index (χ3v) is 9.04. The summed E-state index contributed by atoms with van der Waals surface area (Å²) in [6, 6.07) is 0. The maximum absolute atomic E-state index is 12.7. The van der Waals surface area contributed by atoms with Crippen LogP contribution in [0.3, 0.4) is 0 Å². The van der Waals surface area contributed by atoms with Gasteiger partial charge >= 0.3 is 5.97 Å². The summed E-state index contributed by atoms with van der Waals surface area (Å²) < 4.78 is 21.7. The Labute approximate surface area is 177 Å². The molecular formula is C22H36O8. The number of methoxy groups -OCH3 is 2. The van der Waals surface area contributed by atoms with Crippen LogP contribution in [-0.2, 0) is 23.7 Å². The first kappa shape index (κ1) is 22.4. The smallest absolute Gasteiger partial charge is 0.312 e. The Morgan fingerprint density at radius 2 is 1.83 bits per heavy atom. The highest BCUT2D eigenvalue weighted by molar-refractivity contribution is 5.80. The summed E-state index contributed by atoms with van der Waals surface area (Å²) >= 11 is 0. The van der Waals surface area contributed by atoms with Crippen molar-refractivity contribution in [2.45, 2.75) is 95.3 Å². The molecule has 8 nitrogen and oxygen atoms in total. The van der Waals surface area contributed by atoms with Gasteiger partial charge in [0.25, 0.3) is 0 Å². The lowest BCUT2D eigenvalue weighted by atomic mass is 9.44. The Hall–Kier alpha value is -0.770. The van der Waals surface area contributed by atoms with E-state index < -0.39 is 40.7 Å². The van der Waals surface area contributed by atoms with Gasteiger partial charge in [-0.05, 0) is 44.9 Å². The van der Waals surface area contributed by atoms with Crippen LogP contribution in [0.1, 0.15) is 59.3 Å². The highest BCUT2D eigenvalue weighted by Gasteiger charge is 2.71. The predicted octanol–water partition coefficient (Wildman–Crippen LogP) is 1.34. The largest absolute Gasteiger partial charge is 0.462 e. The van der Waals surface area contributed by atoms with E-state index in [-0.39, 0.29) is 36.8 Å². The van der Waals surface area contributed by atoms with Crippen molar-refractivity contribution >= 4 is 5.97 Å². The zero-order valence-corrected chi connectivity index (χ0v) is 18.6. The van der Waals surface area contributed by atoms with Gasteiger partial charge in [0, 0.05) is 25.6 Å². The average Bonchev–Trinajstić information content (AvgIpc) is 3.10. The molecule has 2 aliphatic heterocycles. The zero-order chi connectivity index (χ0) is 22.1. The van der Waals surface area contributed by atoms with Gasteiger partial charge in [-0.1, -0.05) is 20.3 Å². The van der Waals surface area contributed by atoms with Gasteiger partial charge in [0.15, 0.2) is 12.6 Å². The summed E-state index contributed by atoms with van der Waals surface area (Å²) in [7, 11) is 2.79. The summed E-state index contributed by atoms with van der Waals surface area (Å²) in [5.74, 6) is -0.364. The van der Waals surface area contributed by atoms with Crippen LogP contribution in [0.5, 0.6) is 0 Å². The average molecular weight is 429 g/mol. The first-order valence-electron chi connectivity index (χ1n) is 11.0. The minimum atomic E-state index is -1.71. The number of hydrogen-bond donors (Lipinski definition) is 3. The molecule has 2 saturated carbocycles. The van der Waals surface area contributed by atoms with E-state index >= 15 is 0 Å². The second-order valence-electron chi connectivity index (χ2n) is 10.4. The second kappa shape index (κ2) is 7.12. The molecule has 2 heterocycles. The summed E-state index contributed by atoms with van der Waals surface area (Å²) in [4.78, 5) is 12.7. The fraction of sp³-hybridized carbons (Fsp3) is 0.955. The van der Waals surface area contributed by atoms with Crippen molar-refractivity contribution in [2.75, 3.05) is 14.2 Å². The second-order valence-corrected chi connectivity index (χ2v) is 10.4. The van der Waals surface area contributed by atoms with E-state index in [2.05, 4.69) is 6.92 Å². The molecule has 3 N–H and O–H groups in total. The lowest BCUT2D eigenvalue weighted by Crippen LogP contribution is -2.65. The maximum atomic E-state index is 12.7. The van der Waals surface area contributed by atoms with E-state index in [1.54, 1.807) is 0 Å². The molecule has 0 spiro atoms. The molecule has 4 rings (SSSR count). The highest BCUT2D eigenvalue weighted by atomic mass is 16.8. The fourth-order valence-electron chi connectivity index (χ4n) is 7.32. The van der Waals surface area contributed by atoms with E-state index in [0.29, 0.717) is 6.42 Å². The van der Waals surface area contributed by atoms with Gasteiger partial charge in [-0.3, -0.25) is 4.79 Å². The molecule has 4 aliphatic rings. The molecule has 172 valence electrons. The molecule has 30 heavy (non-hydrogen) atoms. The Balaban J connectivity index is 1.64. The summed E-state index contributed by atoms with van der Waals surface area (Å²) in [5, 5.41) is 34.0. The van der Waals surface area contributed by atoms with E-state index in [1.165, 1.54) is 14.2 Å². The van der Waals surface area contributed by atoms with Crippen LogP contribution in [0, 0.1) is 22.7 Å². The molecule has 10 atom stereocenters. The van der Waals surface area contributed by atoms with E-state index in [1.807, 2.05) is 13.8 Å². The van der Waals surface area contributed by atoms with E-state index in [9.17, 15) is 20.1 Å². The normalized spacial score (nSPS) is 55.4. The van der Waals surface area contributed by atoms with Gasteiger partial charge in [-0.25, -0.2) is 0 Å². The van der Waals surface area contributed by atoms with Crippen LogP contribution < -0.4 is 0 Å². The van der Waals surface area contributed by atoms with Crippen molar-refractivity contribution < 1.29 is 39.1 Å². The monoisotopic (exact) mass is 428 g/mol. The van der Waals surface area contributed by atoms with Crippen LogP contribution >= 0.6 is 0 Å². The lowest BCUT2D eigenvalue weighted by Gasteiger charge is -2.61. The van der Waals surface area contributed by atoms with E-state index in [0.717, 1.165) is 19.3 Å². The third kappa shape index (κ3) is 2.70. The topological polar surface area (TPSA) is 115 Å². The van der Waals surface area contributed by atoms with E-state index in [4.69, 9.17) is 18.9 Å². The Kier molecular flexibility index (Phi) is 5.32. The van der Waals surface area contributed by atoms with Crippen molar-refractivity contribution in [3.8, 4) is 0 Å². The predicted molar refractivity (Wildman–Crippen MR) is 105 cm³/mol. The van der Waals surface area contributed by atoms with Crippen molar-refractivity contribution in [3.63, 3.8) is 0 Å². The molecule has 0 aromatic heterocycles. The maximum Gasteiger partial charge on any atom is 0.312 e. The Morgan fingerprint density at radius 1 is 1.13 bits per heavy atom. The van der Waals surface area contributed by atoms with Crippen LogP contribution in [-0.4, -0.2) is 71.5 Å². The first-order chi connectivity index (χ1) is 14.0. The molecular weight excluding hydrogens is 392 g/mol. The number of carbonyl (C=O) groups is 1. The van der Waals surface area contributed by atoms with Gasteiger partial charge < -0.3 is 34.3 Å². The third-order valence-electron chi connectivity index (χ3n) is 9.04. The number of esters is 1. The van der Waals surface area contributed by atoms with Crippen LogP contribution in [0.2, 0.25) is 0 Å². The number of aliphatic hydroxyl groups is 3. The highest BCUT2D eigenvalue weighted by Crippen LogP contribution is 2.67. The lowest BCUT2D eigenvalue weighted by molar-refractivity contribution is -0.238. The molecule has 4 fully saturated rings. The molecule has 0 unspecified atom stereocenters. The van der Waals surface area contributed by atoms with Crippen molar-refractivity contribution in [3.05, 3.63) is 0 Å². The van der Waals surface area contributed by atoms with Gasteiger partial charge in [0.1, 0.15) is 17.8 Å². The van der Waals surface area contributed by atoms with Crippen LogP contribution in [0.4, 0.5) is 0 Å². The fourth-order valence-corrected chi connectivity index (χ4v) is 7.32. The van der Waals surface area contributed by atoms with Gasteiger partial charge in [-0.2, -0.15) is 0 Å². The number of carbonyl (C=O) groups excluding carboxylic acids is 1. The standard InChI is InChI=1S/C22H36O8/c1-12-11-13-14-19(2,17(24)29-13)7-6-8-20(14,3)22(12,26)10-9-21(25)15(23)16(27-4)30-18(21)28-5/h12-16,18,23,25-26H,6-11H2,1-5H3/t12-,13-,14+,15+,16+,18-,19+,20-,21-,22-/m0/s1. The molecule has 0 aromatic rings. The molecule has 0 aromatic carbocycles. The first-order valence-corrected chi connectivity index (χ1v) is 11.0. The molecule has 2 saturated heterocycles. The van der Waals surface area contributed by atoms with Gasteiger partial charge in [0.2, 0.25) is 0 Å². The number of rotatable bonds is 5. The molecule has 2 aliphatic carbocycles.